The smallest absolute Gasteiger partial charge is 0.0249 e. The predicted octanol–water partition coefficient (Wildman–Crippen LogP) is 6.94. The summed E-state index contributed by atoms with van der Waals surface area (Å²) in [4.78, 5) is 0. The van der Waals surface area contributed by atoms with Crippen LogP contribution in [0.15, 0.2) is 36.4 Å². The number of rotatable bonds is 6. The van der Waals surface area contributed by atoms with Gasteiger partial charge in [-0.15, -0.1) is 0 Å². The molecule has 0 heterocycles. The zero-order chi connectivity index (χ0) is 18.5. The Labute approximate surface area is 161 Å². The van der Waals surface area contributed by atoms with Crippen molar-refractivity contribution >= 4 is 0 Å². The first-order chi connectivity index (χ1) is 12.8. The fourth-order valence-electron chi connectivity index (χ4n) is 3.70. The van der Waals surface area contributed by atoms with Gasteiger partial charge in [0.15, 0.2) is 0 Å². The van der Waals surface area contributed by atoms with Crippen LogP contribution in [0.3, 0.4) is 0 Å². The summed E-state index contributed by atoms with van der Waals surface area (Å²) in [6, 6.07) is 8.57. The molecule has 0 bridgehead atoms. The number of unbranched alkanes of at least 4 members (excludes halogenated alkanes) is 2. The van der Waals surface area contributed by atoms with Crippen LogP contribution in [0, 0.1) is 35.5 Å². The molecule has 0 unspecified atom stereocenters. The highest BCUT2D eigenvalue weighted by Gasteiger charge is 2.19. The third kappa shape index (κ3) is 7.97. The Morgan fingerprint density at radius 2 is 1.62 bits per heavy atom. The lowest BCUT2D eigenvalue weighted by Gasteiger charge is -2.25. The van der Waals surface area contributed by atoms with Crippen molar-refractivity contribution in [2.24, 2.45) is 11.8 Å². The molecule has 0 N–H and O–H groups in total. The zero-order valence-electron chi connectivity index (χ0n) is 16.7. The van der Waals surface area contributed by atoms with Crippen molar-refractivity contribution in [3.8, 4) is 23.7 Å². The van der Waals surface area contributed by atoms with Gasteiger partial charge in [-0.1, -0.05) is 81.8 Å². The summed E-state index contributed by atoms with van der Waals surface area (Å²) in [5.41, 5.74) is 2.46. The maximum Gasteiger partial charge on any atom is 0.0249 e. The van der Waals surface area contributed by atoms with Gasteiger partial charge in [0.25, 0.3) is 0 Å². The van der Waals surface area contributed by atoms with E-state index in [0.717, 1.165) is 17.9 Å². The minimum absolute atomic E-state index is 0.598. The van der Waals surface area contributed by atoms with E-state index in [1.54, 1.807) is 0 Å². The van der Waals surface area contributed by atoms with E-state index < -0.39 is 0 Å². The minimum Gasteiger partial charge on any atom is -0.0951 e. The second-order valence-corrected chi connectivity index (χ2v) is 7.55. The topological polar surface area (TPSA) is 0 Å². The molecule has 0 radical (unpaired) electrons. The van der Waals surface area contributed by atoms with Gasteiger partial charge in [-0.3, -0.25) is 0 Å². The van der Waals surface area contributed by atoms with Gasteiger partial charge in [0.05, 0.1) is 0 Å². The Morgan fingerprint density at radius 3 is 2.31 bits per heavy atom. The van der Waals surface area contributed by atoms with Crippen LogP contribution < -0.4 is 0 Å². The molecule has 1 aliphatic rings. The summed E-state index contributed by atoms with van der Waals surface area (Å²) >= 11 is 0. The normalized spacial score (nSPS) is 19.5. The van der Waals surface area contributed by atoms with Crippen molar-refractivity contribution in [2.75, 3.05) is 0 Å². The van der Waals surface area contributed by atoms with Crippen LogP contribution in [0.1, 0.15) is 82.8 Å². The SMILES string of the molecule is CCCCC[C@H]1CC[C@H](C#CC=CC#Cc2ccc(CCC)cc2)CC1. The highest BCUT2D eigenvalue weighted by molar-refractivity contribution is 5.39. The van der Waals surface area contributed by atoms with E-state index >= 15 is 0 Å². The molecular formula is C26H34. The molecule has 0 saturated heterocycles. The van der Waals surface area contributed by atoms with E-state index in [4.69, 9.17) is 0 Å². The maximum atomic E-state index is 3.42. The summed E-state index contributed by atoms with van der Waals surface area (Å²) in [5, 5.41) is 0. The molecule has 0 nitrogen and oxygen atoms in total. The average molecular weight is 347 g/mol. The largest absolute Gasteiger partial charge is 0.0951 e. The fraction of sp³-hybridized carbons (Fsp3) is 0.538. The second kappa shape index (κ2) is 12.4. The second-order valence-electron chi connectivity index (χ2n) is 7.55. The molecule has 1 aromatic rings. The lowest BCUT2D eigenvalue weighted by Crippen LogP contribution is -2.13. The van der Waals surface area contributed by atoms with Crippen molar-refractivity contribution < 1.29 is 0 Å². The molecule has 1 aromatic carbocycles. The zero-order valence-corrected chi connectivity index (χ0v) is 16.7. The first kappa shape index (κ1) is 20.4. The highest BCUT2D eigenvalue weighted by atomic mass is 14.2. The molecule has 1 fully saturated rings. The molecule has 0 spiro atoms. The van der Waals surface area contributed by atoms with Crippen molar-refractivity contribution in [1.82, 2.24) is 0 Å². The van der Waals surface area contributed by atoms with E-state index in [0.29, 0.717) is 5.92 Å². The molecule has 1 saturated carbocycles. The summed E-state index contributed by atoms with van der Waals surface area (Å²) in [5.74, 6) is 14.5. The first-order valence-electron chi connectivity index (χ1n) is 10.6. The Morgan fingerprint density at radius 1 is 0.885 bits per heavy atom. The molecule has 138 valence electrons. The number of hydrogen-bond donors (Lipinski definition) is 0. The van der Waals surface area contributed by atoms with E-state index in [-0.39, 0.29) is 0 Å². The maximum absolute atomic E-state index is 3.42. The van der Waals surface area contributed by atoms with E-state index in [9.17, 15) is 0 Å². The Bertz CT molecular complexity index is 646. The van der Waals surface area contributed by atoms with E-state index in [1.807, 2.05) is 12.2 Å². The van der Waals surface area contributed by atoms with Gasteiger partial charge in [-0.25, -0.2) is 0 Å². The van der Waals surface area contributed by atoms with Crippen LogP contribution in [0.2, 0.25) is 0 Å². The molecule has 0 aromatic heterocycles. The van der Waals surface area contributed by atoms with Gasteiger partial charge in [-0.05, 0) is 67.9 Å². The molecular weight excluding hydrogens is 312 g/mol. The lowest BCUT2D eigenvalue weighted by molar-refractivity contribution is 0.294. The molecule has 2 rings (SSSR count). The quantitative estimate of drug-likeness (QED) is 0.387. The van der Waals surface area contributed by atoms with Gasteiger partial charge < -0.3 is 0 Å². The molecule has 0 atom stereocenters. The first-order valence-corrected chi connectivity index (χ1v) is 10.6. The van der Waals surface area contributed by atoms with Gasteiger partial charge in [0.1, 0.15) is 0 Å². The van der Waals surface area contributed by atoms with Crippen LogP contribution in [-0.2, 0) is 6.42 Å². The number of allylic oxidation sites excluding steroid dienone is 2. The molecule has 0 aliphatic heterocycles. The van der Waals surface area contributed by atoms with E-state index in [1.165, 1.54) is 63.4 Å². The Kier molecular flexibility index (Phi) is 9.75. The van der Waals surface area contributed by atoms with Crippen molar-refractivity contribution in [3.63, 3.8) is 0 Å². The molecule has 0 amide bonds. The Hall–Kier alpha value is -1.92. The third-order valence-electron chi connectivity index (χ3n) is 5.31. The summed E-state index contributed by atoms with van der Waals surface area (Å²) < 4.78 is 0. The van der Waals surface area contributed by atoms with Gasteiger partial charge in [0, 0.05) is 11.5 Å². The predicted molar refractivity (Wildman–Crippen MR) is 114 cm³/mol. The summed E-state index contributed by atoms with van der Waals surface area (Å²) in [6.45, 7) is 4.49. The van der Waals surface area contributed by atoms with Crippen LogP contribution in [0.5, 0.6) is 0 Å². The van der Waals surface area contributed by atoms with Crippen LogP contribution >= 0.6 is 0 Å². The molecule has 26 heavy (non-hydrogen) atoms. The van der Waals surface area contributed by atoms with Crippen LogP contribution in [-0.4, -0.2) is 0 Å². The third-order valence-corrected chi connectivity index (χ3v) is 5.31. The standard InChI is InChI=1S/C26H34/c1-3-5-8-12-24-19-21-26(22-20-24)14-10-7-6-9-13-25-17-15-23(11-4-2)16-18-25/h6-7,15-18,24,26H,3-5,8,11-12,19-22H2,1-2H3/t24-,26-. The van der Waals surface area contributed by atoms with Crippen LogP contribution in [0.25, 0.3) is 0 Å². The van der Waals surface area contributed by atoms with Crippen molar-refractivity contribution in [1.29, 1.82) is 0 Å². The fourth-order valence-corrected chi connectivity index (χ4v) is 3.70. The number of benzene rings is 1. The molecule has 0 heteroatoms. The molecule has 1 aliphatic carbocycles. The van der Waals surface area contributed by atoms with Gasteiger partial charge >= 0.3 is 0 Å². The highest BCUT2D eigenvalue weighted by Crippen LogP contribution is 2.31. The lowest BCUT2D eigenvalue weighted by atomic mass is 9.80. The number of aryl methyl sites for hydroxylation is 1. The van der Waals surface area contributed by atoms with Gasteiger partial charge in [-0.2, -0.15) is 0 Å². The summed E-state index contributed by atoms with van der Waals surface area (Å²) in [7, 11) is 0. The monoisotopic (exact) mass is 346 g/mol. The summed E-state index contributed by atoms with van der Waals surface area (Å²) in [6.07, 6.45) is 17.0. The Balaban J connectivity index is 1.70. The van der Waals surface area contributed by atoms with E-state index in [2.05, 4.69) is 61.8 Å². The number of hydrogen-bond acceptors (Lipinski definition) is 0. The van der Waals surface area contributed by atoms with Crippen molar-refractivity contribution in [2.45, 2.75) is 78.1 Å². The average Bonchev–Trinajstić information content (AvgIpc) is 2.67. The van der Waals surface area contributed by atoms with Crippen molar-refractivity contribution in [3.05, 3.63) is 47.5 Å². The van der Waals surface area contributed by atoms with Gasteiger partial charge in [0.2, 0.25) is 0 Å². The minimum atomic E-state index is 0.598. The van der Waals surface area contributed by atoms with Crippen LogP contribution in [0.4, 0.5) is 0 Å².